The van der Waals surface area contributed by atoms with Gasteiger partial charge in [0.2, 0.25) is 11.8 Å². The summed E-state index contributed by atoms with van der Waals surface area (Å²) in [5.41, 5.74) is 2.83. The van der Waals surface area contributed by atoms with E-state index < -0.39 is 0 Å². The third-order valence-electron chi connectivity index (χ3n) is 5.36. The number of likely N-dealkylation sites (tertiary alicyclic amines) is 1. The second-order valence-electron chi connectivity index (χ2n) is 7.55. The summed E-state index contributed by atoms with van der Waals surface area (Å²) < 4.78 is 6.04. The van der Waals surface area contributed by atoms with Crippen LogP contribution < -0.4 is 0 Å². The first kappa shape index (κ1) is 20.1. The third-order valence-corrected chi connectivity index (χ3v) is 5.36. The highest BCUT2D eigenvalue weighted by Crippen LogP contribution is 2.26. The van der Waals surface area contributed by atoms with E-state index in [1.165, 1.54) is 0 Å². The Morgan fingerprint density at radius 2 is 1.70 bits per heavy atom. The van der Waals surface area contributed by atoms with Gasteiger partial charge in [-0.3, -0.25) is 4.79 Å². The molecule has 0 saturated carbocycles. The van der Waals surface area contributed by atoms with Crippen LogP contribution in [0.2, 0.25) is 0 Å². The van der Waals surface area contributed by atoms with Gasteiger partial charge in [0.1, 0.15) is 11.5 Å². The predicted octanol–water partition coefficient (Wildman–Crippen LogP) is 4.43. The molecule has 0 radical (unpaired) electrons. The van der Waals surface area contributed by atoms with Gasteiger partial charge in [-0.15, -0.1) is 0 Å². The zero-order chi connectivity index (χ0) is 20.8. The fraction of sp³-hybridized carbons (Fsp3) is 0.280. The van der Waals surface area contributed by atoms with Gasteiger partial charge >= 0.3 is 0 Å². The lowest BCUT2D eigenvalue weighted by atomic mass is 10.1. The topological polar surface area (TPSA) is 66.6 Å². The molecule has 0 unspecified atom stereocenters. The van der Waals surface area contributed by atoms with Crippen molar-refractivity contribution in [2.45, 2.75) is 31.8 Å². The fourth-order valence-corrected chi connectivity index (χ4v) is 3.66. The molecule has 1 aliphatic heterocycles. The predicted molar refractivity (Wildman–Crippen MR) is 117 cm³/mol. The number of piperidine rings is 1. The van der Waals surface area contributed by atoms with Crippen LogP contribution in [0.4, 0.5) is 0 Å². The molecule has 1 saturated heterocycles. The van der Waals surface area contributed by atoms with E-state index in [-0.39, 0.29) is 12.0 Å². The van der Waals surface area contributed by atoms with Crippen LogP contribution in [-0.4, -0.2) is 40.1 Å². The Kier molecular flexibility index (Phi) is 6.40. The monoisotopic (exact) mass is 402 g/mol. The lowest BCUT2D eigenvalue weighted by molar-refractivity contribution is -0.133. The van der Waals surface area contributed by atoms with Crippen molar-refractivity contribution in [2.75, 3.05) is 13.1 Å². The Bertz CT molecular complexity index is 988. The van der Waals surface area contributed by atoms with E-state index in [1.807, 2.05) is 77.7 Å². The molecule has 5 nitrogen and oxygen atoms in total. The van der Waals surface area contributed by atoms with Crippen molar-refractivity contribution >= 4 is 18.1 Å². The van der Waals surface area contributed by atoms with E-state index in [9.17, 15) is 9.90 Å². The second-order valence-corrected chi connectivity index (χ2v) is 7.55. The number of aliphatic hydroxyl groups is 1. The lowest BCUT2D eigenvalue weighted by Gasteiger charge is -2.29. The van der Waals surface area contributed by atoms with Crippen molar-refractivity contribution in [1.29, 1.82) is 0 Å². The number of amides is 1. The number of benzene rings is 2. The number of carbonyl (C=O) groups is 1. The van der Waals surface area contributed by atoms with Crippen LogP contribution in [0.25, 0.3) is 23.4 Å². The smallest absolute Gasteiger partial charge is 0.223 e. The fourth-order valence-electron chi connectivity index (χ4n) is 3.66. The first-order valence-electron chi connectivity index (χ1n) is 10.4. The molecule has 2 heterocycles. The Hall–Kier alpha value is -3.18. The van der Waals surface area contributed by atoms with Crippen molar-refractivity contribution < 1.29 is 14.3 Å². The van der Waals surface area contributed by atoms with Gasteiger partial charge in [-0.2, -0.15) is 0 Å². The van der Waals surface area contributed by atoms with E-state index in [0.717, 1.165) is 22.6 Å². The van der Waals surface area contributed by atoms with Crippen LogP contribution in [-0.2, 0) is 11.2 Å². The Balaban J connectivity index is 1.51. The highest BCUT2D eigenvalue weighted by Gasteiger charge is 2.22. The molecule has 30 heavy (non-hydrogen) atoms. The molecular formula is C25H26N2O3. The van der Waals surface area contributed by atoms with Gasteiger partial charge in [-0.1, -0.05) is 60.7 Å². The molecule has 0 spiro atoms. The average Bonchev–Trinajstić information content (AvgIpc) is 3.21. The molecule has 0 aliphatic carbocycles. The molecule has 1 aliphatic rings. The lowest BCUT2D eigenvalue weighted by Crippen LogP contribution is -2.40. The van der Waals surface area contributed by atoms with Gasteiger partial charge in [0.05, 0.1) is 6.10 Å². The highest BCUT2D eigenvalue weighted by atomic mass is 16.4. The van der Waals surface area contributed by atoms with Gasteiger partial charge in [0.15, 0.2) is 0 Å². The minimum Gasteiger partial charge on any atom is -0.441 e. The van der Waals surface area contributed by atoms with Gasteiger partial charge < -0.3 is 14.4 Å². The molecule has 0 bridgehead atoms. The molecule has 2 aromatic carbocycles. The maximum absolute atomic E-state index is 12.6. The number of rotatable bonds is 6. The number of carbonyl (C=O) groups excluding carboxylic acids is 1. The maximum Gasteiger partial charge on any atom is 0.223 e. The van der Waals surface area contributed by atoms with Gasteiger partial charge in [0.25, 0.3) is 0 Å². The number of aromatic nitrogens is 1. The zero-order valence-corrected chi connectivity index (χ0v) is 16.9. The van der Waals surface area contributed by atoms with Gasteiger partial charge in [0, 0.05) is 37.6 Å². The molecule has 1 fully saturated rings. The molecule has 3 aromatic rings. The maximum atomic E-state index is 12.6. The largest absolute Gasteiger partial charge is 0.441 e. The molecule has 4 rings (SSSR count). The van der Waals surface area contributed by atoms with E-state index in [4.69, 9.17) is 4.42 Å². The standard InChI is InChI=1S/C25H26N2O3/c28-21-15-17-27(18-16-21)24(29)14-12-22-25(20-9-5-2-6-10-20)26-23(30-22)13-11-19-7-3-1-4-8-19/h1-11,13,21,28H,12,14-18H2. The van der Waals surface area contributed by atoms with Crippen LogP contribution >= 0.6 is 0 Å². The summed E-state index contributed by atoms with van der Waals surface area (Å²) in [7, 11) is 0. The number of hydrogen-bond donors (Lipinski definition) is 1. The summed E-state index contributed by atoms with van der Waals surface area (Å²) >= 11 is 0. The summed E-state index contributed by atoms with van der Waals surface area (Å²) in [6.07, 6.45) is 5.71. The highest BCUT2D eigenvalue weighted by molar-refractivity contribution is 5.77. The molecule has 1 amide bonds. The summed E-state index contributed by atoms with van der Waals surface area (Å²) in [5.74, 6) is 1.35. The van der Waals surface area contributed by atoms with E-state index in [1.54, 1.807) is 0 Å². The average molecular weight is 402 g/mol. The molecule has 1 N–H and O–H groups in total. The van der Waals surface area contributed by atoms with Gasteiger partial charge in [-0.05, 0) is 24.5 Å². The number of nitrogens with zero attached hydrogens (tertiary/aromatic N) is 2. The van der Waals surface area contributed by atoms with E-state index >= 15 is 0 Å². The van der Waals surface area contributed by atoms with Gasteiger partial charge in [-0.25, -0.2) is 4.98 Å². The second kappa shape index (κ2) is 9.55. The quantitative estimate of drug-likeness (QED) is 0.662. The van der Waals surface area contributed by atoms with Crippen molar-refractivity contribution in [3.05, 3.63) is 77.9 Å². The number of aryl methyl sites for hydroxylation is 1. The first-order chi connectivity index (χ1) is 14.7. The molecule has 0 atom stereocenters. The summed E-state index contributed by atoms with van der Waals surface area (Å²) in [6.45, 7) is 1.24. The Morgan fingerprint density at radius 3 is 2.40 bits per heavy atom. The Labute approximate surface area is 176 Å². The van der Waals surface area contributed by atoms with Crippen LogP contribution in [0.1, 0.15) is 36.5 Å². The van der Waals surface area contributed by atoms with Crippen molar-refractivity contribution in [1.82, 2.24) is 9.88 Å². The summed E-state index contributed by atoms with van der Waals surface area (Å²) in [4.78, 5) is 19.1. The van der Waals surface area contributed by atoms with Crippen LogP contribution in [0.3, 0.4) is 0 Å². The zero-order valence-electron chi connectivity index (χ0n) is 16.9. The number of oxazole rings is 1. The molecule has 154 valence electrons. The van der Waals surface area contributed by atoms with E-state index in [2.05, 4.69) is 4.98 Å². The first-order valence-corrected chi connectivity index (χ1v) is 10.4. The molecule has 1 aromatic heterocycles. The minimum absolute atomic E-state index is 0.0960. The summed E-state index contributed by atoms with van der Waals surface area (Å²) in [5, 5.41) is 9.65. The number of hydrogen-bond acceptors (Lipinski definition) is 4. The van der Waals surface area contributed by atoms with Crippen LogP contribution in [0.5, 0.6) is 0 Å². The third kappa shape index (κ3) is 5.05. The van der Waals surface area contributed by atoms with Crippen molar-refractivity contribution in [3.8, 4) is 11.3 Å². The van der Waals surface area contributed by atoms with Crippen molar-refractivity contribution in [3.63, 3.8) is 0 Å². The minimum atomic E-state index is -0.285. The normalized spacial score (nSPS) is 15.0. The van der Waals surface area contributed by atoms with Crippen LogP contribution in [0, 0.1) is 0 Å². The van der Waals surface area contributed by atoms with Crippen molar-refractivity contribution in [2.24, 2.45) is 0 Å². The van der Waals surface area contributed by atoms with Crippen LogP contribution in [0.15, 0.2) is 65.1 Å². The SMILES string of the molecule is O=C(CCc1oc(C=Cc2ccccc2)nc1-c1ccccc1)N1CCC(O)CC1. The summed E-state index contributed by atoms with van der Waals surface area (Å²) in [6, 6.07) is 19.9. The Morgan fingerprint density at radius 1 is 1.03 bits per heavy atom. The number of aliphatic hydroxyl groups excluding tert-OH is 1. The van der Waals surface area contributed by atoms with E-state index in [0.29, 0.717) is 44.7 Å². The molecule has 5 heteroatoms. The molecular weight excluding hydrogens is 376 g/mol.